The summed E-state index contributed by atoms with van der Waals surface area (Å²) in [6.45, 7) is 3.58. The minimum absolute atomic E-state index is 0.0664. The van der Waals surface area contributed by atoms with Crippen molar-refractivity contribution in [2.24, 2.45) is 5.92 Å². The zero-order valence-electron chi connectivity index (χ0n) is 12.6. The topological polar surface area (TPSA) is 57.6 Å². The minimum Gasteiger partial charge on any atom is -0.478 e. The average molecular weight is 322 g/mol. The highest BCUT2D eigenvalue weighted by Gasteiger charge is 2.22. The Hall–Kier alpha value is -1.81. The minimum atomic E-state index is -1.08. The molecule has 1 aliphatic heterocycles. The molecule has 0 unspecified atom stereocenters. The lowest BCUT2D eigenvalue weighted by atomic mass is 9.98. The molecule has 0 radical (unpaired) electrons. The Morgan fingerprint density at radius 3 is 2.55 bits per heavy atom. The molecule has 1 N–H and O–H groups in total. The maximum Gasteiger partial charge on any atom is 0.332 e. The van der Waals surface area contributed by atoms with Crippen molar-refractivity contribution in [1.82, 2.24) is 4.90 Å². The van der Waals surface area contributed by atoms with Crippen molar-refractivity contribution in [2.75, 3.05) is 13.1 Å². The number of carbonyl (C=O) groups excluding carboxylic acids is 1. The van der Waals surface area contributed by atoms with Gasteiger partial charge in [-0.3, -0.25) is 4.79 Å². The lowest BCUT2D eigenvalue weighted by molar-refractivity contribution is -0.136. The van der Waals surface area contributed by atoms with E-state index in [0.717, 1.165) is 12.8 Å². The number of rotatable bonds is 4. The van der Waals surface area contributed by atoms with E-state index in [9.17, 15) is 14.7 Å². The number of piperidine rings is 1. The van der Waals surface area contributed by atoms with E-state index >= 15 is 0 Å². The van der Waals surface area contributed by atoms with Crippen LogP contribution in [0.3, 0.4) is 0 Å². The van der Waals surface area contributed by atoms with Crippen LogP contribution in [0, 0.1) is 5.92 Å². The molecular formula is C17H20ClNO3. The Balaban J connectivity index is 2.11. The predicted octanol–water partition coefficient (Wildman–Crippen LogP) is 3.46. The molecule has 1 aromatic rings. The third-order valence-corrected chi connectivity index (χ3v) is 4.33. The molecule has 0 spiro atoms. The average Bonchev–Trinajstić information content (AvgIpc) is 2.49. The van der Waals surface area contributed by atoms with Gasteiger partial charge in [0.2, 0.25) is 5.91 Å². The molecule has 1 saturated heterocycles. The van der Waals surface area contributed by atoms with Gasteiger partial charge in [0.05, 0.1) is 6.42 Å². The molecular weight excluding hydrogens is 302 g/mol. The van der Waals surface area contributed by atoms with E-state index < -0.39 is 5.97 Å². The quantitative estimate of drug-likeness (QED) is 0.864. The third-order valence-electron chi connectivity index (χ3n) is 3.99. The Labute approximate surface area is 135 Å². The summed E-state index contributed by atoms with van der Waals surface area (Å²) in [4.78, 5) is 25.4. The molecule has 2 rings (SSSR count). The number of carboxylic acids is 1. The largest absolute Gasteiger partial charge is 0.478 e. The molecule has 0 aliphatic carbocycles. The smallest absolute Gasteiger partial charge is 0.332 e. The maximum absolute atomic E-state index is 12.3. The number of nitrogens with zero attached hydrogens (tertiary/aromatic N) is 1. The van der Waals surface area contributed by atoms with Gasteiger partial charge in [-0.25, -0.2) is 4.79 Å². The highest BCUT2D eigenvalue weighted by molar-refractivity contribution is 6.32. The molecule has 1 heterocycles. The molecule has 1 aliphatic rings. The van der Waals surface area contributed by atoms with Crippen molar-refractivity contribution in [3.05, 3.63) is 40.4 Å². The molecule has 0 bridgehead atoms. The second kappa shape index (κ2) is 7.45. The summed E-state index contributed by atoms with van der Waals surface area (Å²) in [6.07, 6.45) is 3.33. The van der Waals surface area contributed by atoms with Gasteiger partial charge in [-0.2, -0.15) is 0 Å². The molecule has 0 saturated carbocycles. The molecule has 0 atom stereocenters. The number of benzene rings is 1. The molecule has 5 heteroatoms. The summed E-state index contributed by atoms with van der Waals surface area (Å²) < 4.78 is 0. The standard InChI is InChI=1S/C17H20ClNO3/c1-12-6-8-19(9-7-12)16(20)11-14(17(21)22)10-13-4-2-3-5-15(13)18/h2-5,10,12H,6-9,11H2,1H3,(H,21,22)/b14-10+. The van der Waals surface area contributed by atoms with Gasteiger partial charge in [-0.15, -0.1) is 0 Å². The van der Waals surface area contributed by atoms with E-state index in [1.807, 2.05) is 0 Å². The second-order valence-corrected chi connectivity index (χ2v) is 6.14. The number of amides is 1. The normalized spacial score (nSPS) is 16.6. The third kappa shape index (κ3) is 4.34. The maximum atomic E-state index is 12.3. The monoisotopic (exact) mass is 321 g/mol. The number of hydrogen-bond acceptors (Lipinski definition) is 2. The van der Waals surface area contributed by atoms with Crippen LogP contribution in [0.4, 0.5) is 0 Å². The first-order chi connectivity index (χ1) is 10.5. The highest BCUT2D eigenvalue weighted by Crippen LogP contribution is 2.21. The Kier molecular flexibility index (Phi) is 5.61. The van der Waals surface area contributed by atoms with Gasteiger partial charge in [0.25, 0.3) is 0 Å². The SMILES string of the molecule is CC1CCN(C(=O)C/C(=C\c2ccccc2Cl)C(=O)O)CC1. The first kappa shape index (κ1) is 16.6. The van der Waals surface area contributed by atoms with Gasteiger partial charge in [0, 0.05) is 23.7 Å². The van der Waals surface area contributed by atoms with Crippen LogP contribution in [-0.4, -0.2) is 35.0 Å². The van der Waals surface area contributed by atoms with Crippen LogP contribution in [-0.2, 0) is 9.59 Å². The molecule has 22 heavy (non-hydrogen) atoms. The number of hydrogen-bond donors (Lipinski definition) is 1. The van der Waals surface area contributed by atoms with Gasteiger partial charge in [0.1, 0.15) is 0 Å². The van der Waals surface area contributed by atoms with Crippen molar-refractivity contribution >= 4 is 29.6 Å². The van der Waals surface area contributed by atoms with Gasteiger partial charge in [-0.1, -0.05) is 36.7 Å². The Bertz CT molecular complexity index is 589. The lowest BCUT2D eigenvalue weighted by Gasteiger charge is -2.30. The summed E-state index contributed by atoms with van der Waals surface area (Å²) in [5.74, 6) is -0.590. The van der Waals surface area contributed by atoms with Crippen LogP contribution in [0.5, 0.6) is 0 Å². The molecule has 1 aromatic carbocycles. The lowest BCUT2D eigenvalue weighted by Crippen LogP contribution is -2.38. The summed E-state index contributed by atoms with van der Waals surface area (Å²) in [5.41, 5.74) is 0.679. The summed E-state index contributed by atoms with van der Waals surface area (Å²) in [5, 5.41) is 9.81. The fraction of sp³-hybridized carbons (Fsp3) is 0.412. The van der Waals surface area contributed by atoms with E-state index in [0.29, 0.717) is 29.6 Å². The molecule has 118 valence electrons. The molecule has 1 amide bonds. The Morgan fingerprint density at radius 1 is 1.32 bits per heavy atom. The number of carboxylic acid groups (broad SMARTS) is 1. The van der Waals surface area contributed by atoms with Crippen LogP contribution in [0.2, 0.25) is 5.02 Å². The van der Waals surface area contributed by atoms with Crippen molar-refractivity contribution in [3.63, 3.8) is 0 Å². The molecule has 4 nitrogen and oxygen atoms in total. The van der Waals surface area contributed by atoms with Crippen LogP contribution < -0.4 is 0 Å². The number of halogens is 1. The summed E-state index contributed by atoms with van der Waals surface area (Å²) in [7, 11) is 0. The number of likely N-dealkylation sites (tertiary alicyclic amines) is 1. The van der Waals surface area contributed by atoms with Crippen LogP contribution >= 0.6 is 11.6 Å². The van der Waals surface area contributed by atoms with E-state index in [1.165, 1.54) is 6.08 Å². The van der Waals surface area contributed by atoms with E-state index in [4.69, 9.17) is 11.6 Å². The summed E-state index contributed by atoms with van der Waals surface area (Å²) >= 11 is 6.04. The first-order valence-electron chi connectivity index (χ1n) is 7.43. The Morgan fingerprint density at radius 2 is 1.95 bits per heavy atom. The van der Waals surface area contributed by atoms with E-state index in [2.05, 4.69) is 6.92 Å². The first-order valence-corrected chi connectivity index (χ1v) is 7.81. The van der Waals surface area contributed by atoms with Crippen LogP contribution in [0.1, 0.15) is 31.7 Å². The molecule has 1 fully saturated rings. The van der Waals surface area contributed by atoms with Gasteiger partial charge in [0.15, 0.2) is 0 Å². The van der Waals surface area contributed by atoms with Gasteiger partial charge in [-0.05, 0) is 36.5 Å². The van der Waals surface area contributed by atoms with Crippen LogP contribution in [0.15, 0.2) is 29.8 Å². The van der Waals surface area contributed by atoms with Crippen molar-refractivity contribution < 1.29 is 14.7 Å². The highest BCUT2D eigenvalue weighted by atomic mass is 35.5. The van der Waals surface area contributed by atoms with Gasteiger partial charge < -0.3 is 10.0 Å². The second-order valence-electron chi connectivity index (χ2n) is 5.74. The zero-order valence-corrected chi connectivity index (χ0v) is 13.3. The van der Waals surface area contributed by atoms with E-state index in [-0.39, 0.29) is 17.9 Å². The van der Waals surface area contributed by atoms with Gasteiger partial charge >= 0.3 is 5.97 Å². The van der Waals surface area contributed by atoms with Crippen molar-refractivity contribution in [3.8, 4) is 0 Å². The molecule has 0 aromatic heterocycles. The van der Waals surface area contributed by atoms with Crippen molar-refractivity contribution in [1.29, 1.82) is 0 Å². The van der Waals surface area contributed by atoms with Crippen LogP contribution in [0.25, 0.3) is 6.08 Å². The fourth-order valence-corrected chi connectivity index (χ4v) is 2.69. The summed E-state index contributed by atoms with van der Waals surface area (Å²) in [6, 6.07) is 6.99. The zero-order chi connectivity index (χ0) is 16.1. The number of carbonyl (C=O) groups is 2. The number of aliphatic carboxylic acids is 1. The van der Waals surface area contributed by atoms with Crippen molar-refractivity contribution in [2.45, 2.75) is 26.2 Å². The van der Waals surface area contributed by atoms with E-state index in [1.54, 1.807) is 29.2 Å². The predicted molar refractivity (Wildman–Crippen MR) is 86.7 cm³/mol. The fourth-order valence-electron chi connectivity index (χ4n) is 2.50.